The number of hydrogen-bond donors (Lipinski definition) is 2. The van der Waals surface area contributed by atoms with Crippen LogP contribution in [0.25, 0.3) is 11.3 Å². The van der Waals surface area contributed by atoms with Crippen molar-refractivity contribution >= 4 is 17.7 Å². The van der Waals surface area contributed by atoms with Crippen molar-refractivity contribution in [3.05, 3.63) is 52.8 Å². The maximum Gasteiger partial charge on any atom is 0.409 e. The summed E-state index contributed by atoms with van der Waals surface area (Å²) in [6, 6.07) is 5.41. The second kappa shape index (κ2) is 12.8. The summed E-state index contributed by atoms with van der Waals surface area (Å²) in [6.45, 7) is 2.82. The van der Waals surface area contributed by atoms with E-state index in [9.17, 15) is 19.4 Å². The van der Waals surface area contributed by atoms with Gasteiger partial charge in [-0.1, -0.05) is 28.0 Å². The largest absolute Gasteiger partial charge is 0.450 e. The standard InChI is InChI=1S/C27H33ClFN5O7/c1-3-39-27(37)33-8-6-15(7-9-33)21-11-17(31-41-21)12-22-26(38-2)24(25(36)23(14-35)40-22)34-13-20(30-32-34)16-4-5-18(28)19(29)10-16/h4-5,10-11,13,15,22-26,35-36H,3,6-9,12,14H2,1-2H3/t22-,23-,24+,25+,26+/m1/s1. The van der Waals surface area contributed by atoms with Gasteiger partial charge in [0, 0.05) is 44.2 Å². The molecule has 5 rings (SSSR count). The zero-order valence-electron chi connectivity index (χ0n) is 22.7. The highest BCUT2D eigenvalue weighted by Crippen LogP contribution is 2.35. The predicted octanol–water partition coefficient (Wildman–Crippen LogP) is 2.98. The van der Waals surface area contributed by atoms with Gasteiger partial charge in [0.2, 0.25) is 0 Å². The molecule has 2 saturated heterocycles. The molecule has 0 unspecified atom stereocenters. The topological polar surface area (TPSA) is 145 Å². The van der Waals surface area contributed by atoms with Crippen molar-refractivity contribution in [2.75, 3.05) is 33.4 Å². The summed E-state index contributed by atoms with van der Waals surface area (Å²) in [7, 11) is 1.50. The summed E-state index contributed by atoms with van der Waals surface area (Å²) in [5.41, 5.74) is 1.47. The molecule has 1 aromatic carbocycles. The molecule has 4 heterocycles. The Morgan fingerprint density at radius 3 is 2.71 bits per heavy atom. The molecule has 2 aliphatic rings. The van der Waals surface area contributed by atoms with Crippen LogP contribution in [0.2, 0.25) is 5.02 Å². The number of hydrogen-bond acceptors (Lipinski definition) is 10. The third kappa shape index (κ3) is 6.24. The second-order valence-electron chi connectivity index (χ2n) is 10.2. The number of halogens is 2. The minimum atomic E-state index is -1.17. The second-order valence-corrected chi connectivity index (χ2v) is 10.6. The average Bonchev–Trinajstić information content (AvgIpc) is 3.65. The maximum absolute atomic E-state index is 14.0. The predicted molar refractivity (Wildman–Crippen MR) is 143 cm³/mol. The van der Waals surface area contributed by atoms with Crippen molar-refractivity contribution in [1.82, 2.24) is 25.1 Å². The Bertz CT molecular complexity index is 1330. The van der Waals surface area contributed by atoms with Crippen LogP contribution in [0.4, 0.5) is 9.18 Å². The molecule has 14 heteroatoms. The van der Waals surface area contributed by atoms with Crippen molar-refractivity contribution in [2.24, 2.45) is 0 Å². The van der Waals surface area contributed by atoms with E-state index in [1.165, 1.54) is 23.9 Å². The quantitative estimate of drug-likeness (QED) is 0.400. The van der Waals surface area contributed by atoms with Crippen molar-refractivity contribution in [2.45, 2.75) is 62.6 Å². The van der Waals surface area contributed by atoms with Crippen LogP contribution in [-0.4, -0.2) is 99.2 Å². The van der Waals surface area contributed by atoms with Gasteiger partial charge < -0.3 is 33.8 Å². The van der Waals surface area contributed by atoms with E-state index in [4.69, 9.17) is 30.3 Å². The number of aliphatic hydroxyl groups excluding tert-OH is 2. The number of aliphatic hydroxyl groups is 2. The zero-order chi connectivity index (χ0) is 29.1. The maximum atomic E-state index is 14.0. The van der Waals surface area contributed by atoms with E-state index >= 15 is 0 Å². The number of likely N-dealkylation sites (tertiary alicyclic amines) is 1. The summed E-state index contributed by atoms with van der Waals surface area (Å²) in [5.74, 6) is 0.245. The Morgan fingerprint density at radius 2 is 2.02 bits per heavy atom. The molecule has 2 fully saturated rings. The Balaban J connectivity index is 1.31. The monoisotopic (exact) mass is 593 g/mol. The van der Waals surface area contributed by atoms with E-state index in [0.29, 0.717) is 36.6 Å². The van der Waals surface area contributed by atoms with Gasteiger partial charge in [0.1, 0.15) is 41.6 Å². The lowest BCUT2D eigenvalue weighted by molar-refractivity contribution is -0.212. The fourth-order valence-corrected chi connectivity index (χ4v) is 5.64. The molecule has 2 N–H and O–H groups in total. The molecular formula is C27H33ClFN5O7. The third-order valence-corrected chi connectivity index (χ3v) is 7.98. The molecule has 0 saturated carbocycles. The highest BCUT2D eigenvalue weighted by molar-refractivity contribution is 6.30. The number of aromatic nitrogens is 4. The van der Waals surface area contributed by atoms with Gasteiger partial charge in [0.15, 0.2) is 0 Å². The van der Waals surface area contributed by atoms with Crippen LogP contribution in [0.5, 0.6) is 0 Å². The number of benzene rings is 1. The SMILES string of the molecule is CCOC(=O)N1CCC(c2cc(C[C@H]3O[C@H](CO)[C@H](O)[C@H](n4cc(-c5ccc(Cl)c(F)c5)nn4)[C@H]3OC)no2)CC1. The summed E-state index contributed by atoms with van der Waals surface area (Å²) in [5, 5.41) is 33.6. The molecule has 1 amide bonds. The van der Waals surface area contributed by atoms with E-state index < -0.39 is 42.9 Å². The van der Waals surface area contributed by atoms with E-state index in [1.807, 2.05) is 6.07 Å². The Morgan fingerprint density at radius 1 is 1.24 bits per heavy atom. The van der Waals surface area contributed by atoms with Crippen LogP contribution in [0.3, 0.4) is 0 Å². The van der Waals surface area contributed by atoms with E-state index in [2.05, 4.69) is 15.5 Å². The summed E-state index contributed by atoms with van der Waals surface area (Å²) in [4.78, 5) is 13.7. The average molecular weight is 594 g/mol. The Labute approximate surface area is 240 Å². The van der Waals surface area contributed by atoms with Crippen molar-refractivity contribution in [1.29, 1.82) is 0 Å². The molecule has 5 atom stereocenters. The molecule has 0 spiro atoms. The van der Waals surface area contributed by atoms with E-state index in [0.717, 1.165) is 18.6 Å². The van der Waals surface area contributed by atoms with Crippen LogP contribution in [0.1, 0.15) is 43.2 Å². The van der Waals surface area contributed by atoms with Crippen LogP contribution >= 0.6 is 11.6 Å². The van der Waals surface area contributed by atoms with Gasteiger partial charge in [0.25, 0.3) is 0 Å². The zero-order valence-corrected chi connectivity index (χ0v) is 23.5. The highest BCUT2D eigenvalue weighted by atomic mass is 35.5. The lowest BCUT2D eigenvalue weighted by Gasteiger charge is -2.43. The molecule has 2 aliphatic heterocycles. The van der Waals surface area contributed by atoms with Gasteiger partial charge in [-0.3, -0.25) is 0 Å². The molecule has 41 heavy (non-hydrogen) atoms. The van der Waals surface area contributed by atoms with Crippen LogP contribution in [0, 0.1) is 5.82 Å². The number of nitrogens with zero attached hydrogens (tertiary/aromatic N) is 5. The fourth-order valence-electron chi connectivity index (χ4n) is 5.52. The number of amides is 1. The van der Waals surface area contributed by atoms with Gasteiger partial charge in [-0.15, -0.1) is 5.10 Å². The molecule has 12 nitrogen and oxygen atoms in total. The Kier molecular flexibility index (Phi) is 9.19. The summed E-state index contributed by atoms with van der Waals surface area (Å²) in [6.07, 6.45) is -0.400. The number of methoxy groups -OCH3 is 1. The van der Waals surface area contributed by atoms with Gasteiger partial charge in [-0.2, -0.15) is 0 Å². The first-order valence-corrected chi connectivity index (χ1v) is 13.9. The summed E-state index contributed by atoms with van der Waals surface area (Å²) < 4.78 is 38.1. The molecular weight excluding hydrogens is 561 g/mol. The smallest absolute Gasteiger partial charge is 0.409 e. The molecule has 0 bridgehead atoms. The number of carbonyl (C=O) groups is 1. The lowest BCUT2D eigenvalue weighted by atomic mass is 9.90. The van der Waals surface area contributed by atoms with Gasteiger partial charge in [-0.25, -0.2) is 13.9 Å². The number of piperidine rings is 1. The first kappa shape index (κ1) is 29.4. The first-order valence-electron chi connectivity index (χ1n) is 13.5. The number of ether oxygens (including phenoxy) is 3. The van der Waals surface area contributed by atoms with Crippen molar-refractivity contribution < 1.29 is 38.1 Å². The van der Waals surface area contributed by atoms with Crippen LogP contribution < -0.4 is 0 Å². The number of carbonyl (C=O) groups excluding carboxylic acids is 1. The minimum absolute atomic E-state index is 0.00721. The van der Waals surface area contributed by atoms with Gasteiger partial charge in [0.05, 0.1) is 36.2 Å². The van der Waals surface area contributed by atoms with Gasteiger partial charge >= 0.3 is 6.09 Å². The molecule has 2 aromatic heterocycles. The fraction of sp³-hybridized carbons (Fsp3) is 0.556. The molecule has 0 aliphatic carbocycles. The van der Waals surface area contributed by atoms with Crippen LogP contribution in [0.15, 0.2) is 35.0 Å². The van der Waals surface area contributed by atoms with E-state index in [-0.39, 0.29) is 23.5 Å². The summed E-state index contributed by atoms with van der Waals surface area (Å²) >= 11 is 5.81. The number of rotatable bonds is 8. The molecule has 0 radical (unpaired) electrons. The third-order valence-electron chi connectivity index (χ3n) is 7.68. The van der Waals surface area contributed by atoms with Crippen LogP contribution in [-0.2, 0) is 20.6 Å². The normalized spacial score (nSPS) is 25.4. The first-order chi connectivity index (χ1) is 19.8. The van der Waals surface area contributed by atoms with Crippen molar-refractivity contribution in [3.8, 4) is 11.3 Å². The van der Waals surface area contributed by atoms with E-state index in [1.54, 1.807) is 24.1 Å². The lowest BCUT2D eigenvalue weighted by Crippen LogP contribution is -2.57. The highest BCUT2D eigenvalue weighted by Gasteiger charge is 2.47. The van der Waals surface area contributed by atoms with Crippen molar-refractivity contribution in [3.63, 3.8) is 0 Å². The minimum Gasteiger partial charge on any atom is -0.450 e. The molecule has 3 aromatic rings. The van der Waals surface area contributed by atoms with Gasteiger partial charge in [-0.05, 0) is 31.9 Å². The Hall–Kier alpha value is -3.10. The molecule has 222 valence electrons.